The van der Waals surface area contributed by atoms with Crippen LogP contribution in [0.15, 0.2) is 79.1 Å². The second-order valence-corrected chi connectivity index (χ2v) is 12.0. The number of carbonyl (C=O) groups is 2. The Morgan fingerprint density at radius 2 is 1.57 bits per heavy atom. The molecule has 0 spiro atoms. The van der Waals surface area contributed by atoms with Crippen molar-refractivity contribution in [2.75, 3.05) is 30.8 Å². The summed E-state index contributed by atoms with van der Waals surface area (Å²) in [4.78, 5) is 27.8. The van der Waals surface area contributed by atoms with Crippen molar-refractivity contribution in [1.82, 2.24) is 14.8 Å². The summed E-state index contributed by atoms with van der Waals surface area (Å²) < 4.78 is 13.8. The minimum atomic E-state index is -0.264. The van der Waals surface area contributed by atoms with Crippen LogP contribution in [0.3, 0.4) is 0 Å². The van der Waals surface area contributed by atoms with Crippen LogP contribution in [0, 0.1) is 6.92 Å². The molecule has 1 aliphatic rings. The van der Waals surface area contributed by atoms with E-state index in [0.29, 0.717) is 34.2 Å². The molecule has 1 saturated heterocycles. The fraction of sp³-hybridized carbons (Fsp3) is 0.351. The predicted molar refractivity (Wildman–Crippen MR) is 185 cm³/mol. The molecule has 248 valence electrons. The number of nitrogens with zero attached hydrogens (tertiary/aromatic N) is 2. The van der Waals surface area contributed by atoms with E-state index in [4.69, 9.17) is 9.47 Å². The SMILES string of the molecule is CCC(CC)NC(=O)Nc1ccc(Oc2ccc(NC(=O)c3ccc(-n4ccc(CN5CCC(O)CC5)c4)cc3)cc2C)c(OC)c1. The van der Waals surface area contributed by atoms with Crippen LogP contribution in [-0.2, 0) is 6.54 Å². The third-order valence-electron chi connectivity index (χ3n) is 8.54. The first-order valence-electron chi connectivity index (χ1n) is 16.3. The normalized spacial score (nSPS) is 13.7. The number of urea groups is 1. The molecule has 4 aromatic rings. The zero-order chi connectivity index (χ0) is 33.3. The Morgan fingerprint density at radius 3 is 2.23 bits per heavy atom. The summed E-state index contributed by atoms with van der Waals surface area (Å²) in [5.41, 5.74) is 4.82. The van der Waals surface area contributed by atoms with Gasteiger partial charge in [0.15, 0.2) is 11.5 Å². The van der Waals surface area contributed by atoms with Gasteiger partial charge >= 0.3 is 6.03 Å². The van der Waals surface area contributed by atoms with Crippen molar-refractivity contribution in [2.24, 2.45) is 0 Å². The number of hydrogen-bond acceptors (Lipinski definition) is 6. The average Bonchev–Trinajstić information content (AvgIpc) is 3.55. The zero-order valence-electron chi connectivity index (χ0n) is 27.6. The maximum Gasteiger partial charge on any atom is 0.319 e. The Balaban J connectivity index is 1.17. The Labute approximate surface area is 276 Å². The van der Waals surface area contributed by atoms with Crippen molar-refractivity contribution in [3.8, 4) is 22.9 Å². The van der Waals surface area contributed by atoms with Gasteiger partial charge in [-0.05, 0) is 104 Å². The van der Waals surface area contributed by atoms with Crippen LogP contribution < -0.4 is 25.4 Å². The molecule has 0 unspecified atom stereocenters. The lowest BCUT2D eigenvalue weighted by molar-refractivity contribution is 0.0792. The number of aromatic nitrogens is 1. The monoisotopic (exact) mass is 639 g/mol. The molecular formula is C37H45N5O5. The van der Waals surface area contributed by atoms with Crippen molar-refractivity contribution in [1.29, 1.82) is 0 Å². The molecule has 10 heteroatoms. The number of likely N-dealkylation sites (tertiary alicyclic amines) is 1. The summed E-state index contributed by atoms with van der Waals surface area (Å²) in [6, 6.07) is 20.2. The molecule has 0 atom stereocenters. The molecule has 10 nitrogen and oxygen atoms in total. The van der Waals surface area contributed by atoms with E-state index >= 15 is 0 Å². The molecule has 4 N–H and O–H groups in total. The number of amides is 3. The Bertz CT molecular complexity index is 1660. The minimum Gasteiger partial charge on any atom is -0.493 e. The number of piperidine rings is 1. The first-order chi connectivity index (χ1) is 22.7. The second kappa shape index (κ2) is 15.7. The number of methoxy groups -OCH3 is 1. The van der Waals surface area contributed by atoms with Gasteiger partial charge in [0.05, 0.1) is 13.2 Å². The average molecular weight is 640 g/mol. The molecule has 0 aliphatic carbocycles. The number of aliphatic hydroxyl groups is 1. The highest BCUT2D eigenvalue weighted by molar-refractivity contribution is 6.04. The molecule has 1 fully saturated rings. The van der Waals surface area contributed by atoms with E-state index in [1.807, 2.05) is 57.3 Å². The highest BCUT2D eigenvalue weighted by Crippen LogP contribution is 2.36. The van der Waals surface area contributed by atoms with Crippen LogP contribution in [0.25, 0.3) is 5.69 Å². The number of nitrogens with one attached hydrogen (secondary N) is 3. The van der Waals surface area contributed by atoms with Gasteiger partial charge < -0.3 is 35.1 Å². The fourth-order valence-electron chi connectivity index (χ4n) is 5.65. The van der Waals surface area contributed by atoms with E-state index in [-0.39, 0.29) is 24.1 Å². The quantitative estimate of drug-likeness (QED) is 0.131. The lowest BCUT2D eigenvalue weighted by Gasteiger charge is -2.29. The summed E-state index contributed by atoms with van der Waals surface area (Å²) in [6.45, 7) is 8.66. The molecule has 0 radical (unpaired) electrons. The smallest absolute Gasteiger partial charge is 0.319 e. The maximum absolute atomic E-state index is 13.1. The number of hydrogen-bond donors (Lipinski definition) is 4. The fourth-order valence-corrected chi connectivity index (χ4v) is 5.65. The van der Waals surface area contributed by atoms with Crippen molar-refractivity contribution in [2.45, 2.75) is 65.1 Å². The first-order valence-corrected chi connectivity index (χ1v) is 16.3. The van der Waals surface area contributed by atoms with Crippen molar-refractivity contribution in [3.05, 3.63) is 95.8 Å². The largest absolute Gasteiger partial charge is 0.493 e. The van der Waals surface area contributed by atoms with Crippen molar-refractivity contribution in [3.63, 3.8) is 0 Å². The number of ether oxygens (including phenoxy) is 2. The van der Waals surface area contributed by atoms with Gasteiger partial charge in [-0.3, -0.25) is 9.69 Å². The highest BCUT2D eigenvalue weighted by atomic mass is 16.5. The topological polar surface area (TPSA) is 117 Å². The molecule has 3 aromatic carbocycles. The van der Waals surface area contributed by atoms with E-state index < -0.39 is 0 Å². The molecule has 1 aliphatic heterocycles. The highest BCUT2D eigenvalue weighted by Gasteiger charge is 2.18. The van der Waals surface area contributed by atoms with E-state index in [1.165, 1.54) is 5.56 Å². The standard InChI is InChI=1S/C37H45N5O5/c1-5-28(6-2)39-37(45)40-30-10-14-34(35(22-30)46-4)47-33-13-9-29(21-25(33)3)38-36(44)27-7-11-31(12-8-27)42-20-15-26(24-42)23-41-18-16-32(43)17-19-41/h7-15,20-22,24,28,32,43H,5-6,16-19,23H2,1-4H3,(H,38,44)(H2,39,40,45). The molecule has 0 bridgehead atoms. The minimum absolute atomic E-state index is 0.118. The van der Waals surface area contributed by atoms with Crippen LogP contribution in [0.5, 0.6) is 17.2 Å². The number of aliphatic hydroxyl groups excluding tert-OH is 1. The third kappa shape index (κ3) is 8.93. The lowest BCUT2D eigenvalue weighted by atomic mass is 10.1. The summed E-state index contributed by atoms with van der Waals surface area (Å²) >= 11 is 0. The summed E-state index contributed by atoms with van der Waals surface area (Å²) in [5.74, 6) is 1.38. The Morgan fingerprint density at radius 1 is 0.894 bits per heavy atom. The van der Waals surface area contributed by atoms with Gasteiger partial charge in [-0.2, -0.15) is 0 Å². The van der Waals surface area contributed by atoms with E-state index in [9.17, 15) is 14.7 Å². The molecule has 47 heavy (non-hydrogen) atoms. The van der Waals surface area contributed by atoms with Crippen molar-refractivity contribution >= 4 is 23.3 Å². The molecule has 0 saturated carbocycles. The van der Waals surface area contributed by atoms with E-state index in [1.54, 1.807) is 37.4 Å². The molecule has 1 aromatic heterocycles. The number of benzene rings is 3. The number of rotatable bonds is 12. The lowest BCUT2D eigenvalue weighted by Crippen LogP contribution is -2.37. The third-order valence-corrected chi connectivity index (χ3v) is 8.54. The van der Waals surface area contributed by atoms with Gasteiger partial charge in [0.25, 0.3) is 5.91 Å². The molecule has 5 rings (SSSR count). The Hall–Kier alpha value is -4.80. The van der Waals surface area contributed by atoms with Crippen molar-refractivity contribution < 1.29 is 24.2 Å². The van der Waals surface area contributed by atoms with Crippen LogP contribution in [0.4, 0.5) is 16.2 Å². The predicted octanol–water partition coefficient (Wildman–Crippen LogP) is 7.11. The summed E-state index contributed by atoms with van der Waals surface area (Å²) in [6.07, 6.45) is 7.34. The molecule has 2 heterocycles. The van der Waals surface area contributed by atoms with E-state index in [2.05, 4.69) is 37.7 Å². The zero-order valence-corrected chi connectivity index (χ0v) is 27.6. The molecule has 3 amide bonds. The van der Waals surface area contributed by atoms with Crippen LogP contribution in [-0.4, -0.2) is 58.9 Å². The first kappa shape index (κ1) is 33.6. The van der Waals surface area contributed by atoms with Crippen LogP contribution in [0.1, 0.15) is 61.0 Å². The maximum atomic E-state index is 13.1. The van der Waals surface area contributed by atoms with Crippen LogP contribution in [0.2, 0.25) is 0 Å². The van der Waals surface area contributed by atoms with Gasteiger partial charge in [-0.25, -0.2) is 4.79 Å². The van der Waals surface area contributed by atoms with Crippen LogP contribution >= 0.6 is 0 Å². The number of carbonyl (C=O) groups excluding carboxylic acids is 2. The molecular weight excluding hydrogens is 594 g/mol. The van der Waals surface area contributed by atoms with E-state index in [0.717, 1.165) is 56.6 Å². The van der Waals surface area contributed by atoms with Gasteiger partial charge in [-0.1, -0.05) is 13.8 Å². The summed E-state index contributed by atoms with van der Waals surface area (Å²) in [7, 11) is 1.55. The Kier molecular flexibility index (Phi) is 11.2. The second-order valence-electron chi connectivity index (χ2n) is 12.0. The van der Waals surface area contributed by atoms with Gasteiger partial charge in [0.2, 0.25) is 0 Å². The van der Waals surface area contributed by atoms with Gasteiger partial charge in [0, 0.05) is 66.8 Å². The summed E-state index contributed by atoms with van der Waals surface area (Å²) in [5, 5.41) is 18.5. The van der Waals surface area contributed by atoms with Gasteiger partial charge in [-0.15, -0.1) is 0 Å². The number of aryl methyl sites for hydroxylation is 1. The number of anilines is 2. The van der Waals surface area contributed by atoms with Gasteiger partial charge in [0.1, 0.15) is 5.75 Å².